The highest BCUT2D eigenvalue weighted by molar-refractivity contribution is 7.89. The van der Waals surface area contributed by atoms with Gasteiger partial charge in [0.25, 0.3) is 0 Å². The molecule has 0 unspecified atom stereocenters. The van der Waals surface area contributed by atoms with Crippen molar-refractivity contribution in [2.75, 3.05) is 0 Å². The first-order valence-electron chi connectivity index (χ1n) is 6.04. The van der Waals surface area contributed by atoms with Crippen molar-refractivity contribution >= 4 is 16.0 Å². The lowest BCUT2D eigenvalue weighted by molar-refractivity contribution is -0.150. The van der Waals surface area contributed by atoms with Crippen LogP contribution in [0, 0.1) is 17.0 Å². The van der Waals surface area contributed by atoms with Crippen LogP contribution in [-0.2, 0) is 14.8 Å². The molecule has 5 nitrogen and oxygen atoms in total. The van der Waals surface area contributed by atoms with Crippen LogP contribution in [-0.4, -0.2) is 25.0 Å². The summed E-state index contributed by atoms with van der Waals surface area (Å²) >= 11 is 0. The van der Waals surface area contributed by atoms with E-state index >= 15 is 0 Å². The number of aliphatic carboxylic acids is 1. The van der Waals surface area contributed by atoms with E-state index in [4.69, 9.17) is 0 Å². The lowest BCUT2D eigenvalue weighted by atomic mass is 9.75. The van der Waals surface area contributed by atoms with E-state index in [-0.39, 0.29) is 0 Å². The Balaban J connectivity index is 3.32. The number of hydrogen-bond acceptors (Lipinski definition) is 3. The molecule has 0 heterocycles. The fraction of sp³-hybridized carbons (Fsp3) is 0.462. The van der Waals surface area contributed by atoms with Gasteiger partial charge in [-0.05, 0) is 39.8 Å². The molecule has 1 aromatic carbocycles. The summed E-state index contributed by atoms with van der Waals surface area (Å²) in [5.74, 6) is -3.73. The molecule has 0 spiro atoms. The minimum absolute atomic E-state index is 0.812. The van der Waals surface area contributed by atoms with E-state index in [1.165, 1.54) is 27.7 Å². The third kappa shape index (κ3) is 3.21. The van der Waals surface area contributed by atoms with Gasteiger partial charge in [-0.1, -0.05) is 6.07 Å². The SMILES string of the molecule is CC(C)(NS(=O)(=O)c1c(F)cccc1F)C(C)(C)C(=O)O. The van der Waals surface area contributed by atoms with Crippen LogP contribution in [0.5, 0.6) is 0 Å². The molecule has 118 valence electrons. The van der Waals surface area contributed by atoms with Crippen LogP contribution in [0.1, 0.15) is 27.7 Å². The second-order valence-corrected chi connectivity index (χ2v) is 7.33. The first-order chi connectivity index (χ1) is 9.33. The van der Waals surface area contributed by atoms with E-state index in [2.05, 4.69) is 4.72 Å². The quantitative estimate of drug-likeness (QED) is 0.870. The molecule has 0 aliphatic carbocycles. The normalized spacial score (nSPS) is 13.2. The zero-order chi connectivity index (χ0) is 16.6. The summed E-state index contributed by atoms with van der Waals surface area (Å²) in [6.45, 7) is 5.29. The summed E-state index contributed by atoms with van der Waals surface area (Å²) in [5.41, 5.74) is -2.98. The molecule has 0 saturated carbocycles. The van der Waals surface area contributed by atoms with Crippen LogP contribution in [0.2, 0.25) is 0 Å². The van der Waals surface area contributed by atoms with Crippen molar-refractivity contribution in [1.82, 2.24) is 4.72 Å². The molecular formula is C13H17F2NO4S. The summed E-state index contributed by atoms with van der Waals surface area (Å²) < 4.78 is 53.6. The van der Waals surface area contributed by atoms with Gasteiger partial charge in [-0.2, -0.15) is 0 Å². The number of hydrogen-bond donors (Lipinski definition) is 2. The molecule has 21 heavy (non-hydrogen) atoms. The van der Waals surface area contributed by atoms with Crippen molar-refractivity contribution in [3.63, 3.8) is 0 Å². The number of nitrogens with one attached hydrogen (secondary N) is 1. The monoisotopic (exact) mass is 321 g/mol. The van der Waals surface area contributed by atoms with Crippen LogP contribution in [0.15, 0.2) is 23.1 Å². The van der Waals surface area contributed by atoms with Gasteiger partial charge < -0.3 is 5.11 Å². The van der Waals surface area contributed by atoms with Crippen molar-refractivity contribution in [2.24, 2.45) is 5.41 Å². The van der Waals surface area contributed by atoms with E-state index in [9.17, 15) is 27.1 Å². The lowest BCUT2D eigenvalue weighted by Gasteiger charge is -2.38. The number of halogens is 2. The average molecular weight is 321 g/mol. The van der Waals surface area contributed by atoms with Gasteiger partial charge in [0, 0.05) is 5.54 Å². The first kappa shape index (κ1) is 17.5. The average Bonchev–Trinajstić information content (AvgIpc) is 2.25. The third-order valence-electron chi connectivity index (χ3n) is 3.67. The molecule has 0 fully saturated rings. The van der Waals surface area contributed by atoms with Crippen molar-refractivity contribution in [2.45, 2.75) is 38.1 Å². The van der Waals surface area contributed by atoms with Gasteiger partial charge in [0.05, 0.1) is 5.41 Å². The molecule has 2 N–H and O–H groups in total. The Bertz CT molecular complexity index is 648. The van der Waals surface area contributed by atoms with Gasteiger partial charge in [-0.3, -0.25) is 4.79 Å². The predicted octanol–water partition coefficient (Wildman–Crippen LogP) is 2.13. The summed E-state index contributed by atoms with van der Waals surface area (Å²) in [6.07, 6.45) is 0. The molecule has 0 bridgehead atoms. The molecule has 0 aliphatic heterocycles. The molecule has 0 radical (unpaired) electrons. The van der Waals surface area contributed by atoms with Crippen LogP contribution in [0.25, 0.3) is 0 Å². The maximum absolute atomic E-state index is 13.6. The molecule has 0 aromatic heterocycles. The Hall–Kier alpha value is -1.54. The van der Waals surface area contributed by atoms with Gasteiger partial charge in [0.15, 0.2) is 4.90 Å². The smallest absolute Gasteiger partial charge is 0.310 e. The summed E-state index contributed by atoms with van der Waals surface area (Å²) in [4.78, 5) is 10.1. The fourth-order valence-electron chi connectivity index (χ4n) is 1.52. The molecule has 0 aliphatic rings. The summed E-state index contributed by atoms with van der Waals surface area (Å²) in [6, 6.07) is 2.66. The molecule has 0 atom stereocenters. The summed E-state index contributed by atoms with van der Waals surface area (Å²) in [5, 5.41) is 9.17. The topological polar surface area (TPSA) is 83.5 Å². The highest BCUT2D eigenvalue weighted by Crippen LogP contribution is 2.32. The zero-order valence-corrected chi connectivity index (χ0v) is 12.9. The number of rotatable bonds is 5. The Kier molecular flexibility index (Phi) is 4.45. The molecule has 8 heteroatoms. The fourth-order valence-corrected chi connectivity index (χ4v) is 3.20. The first-order valence-corrected chi connectivity index (χ1v) is 7.52. The van der Waals surface area contributed by atoms with Gasteiger partial charge in [-0.25, -0.2) is 21.9 Å². The minimum atomic E-state index is -4.56. The highest BCUT2D eigenvalue weighted by Gasteiger charge is 2.46. The van der Waals surface area contributed by atoms with Crippen molar-refractivity contribution in [3.8, 4) is 0 Å². The van der Waals surface area contributed by atoms with E-state index in [1.54, 1.807) is 0 Å². The van der Waals surface area contributed by atoms with Crippen LogP contribution in [0.4, 0.5) is 8.78 Å². The van der Waals surface area contributed by atoms with Gasteiger partial charge in [0.2, 0.25) is 10.0 Å². The van der Waals surface area contributed by atoms with E-state index in [1.807, 2.05) is 0 Å². The van der Waals surface area contributed by atoms with E-state index in [0.29, 0.717) is 0 Å². The molecule has 0 amide bonds. The second-order valence-electron chi connectivity index (χ2n) is 5.71. The Morgan fingerprint density at radius 1 is 1.14 bits per heavy atom. The van der Waals surface area contributed by atoms with Gasteiger partial charge in [-0.15, -0.1) is 0 Å². The summed E-state index contributed by atoms with van der Waals surface area (Å²) in [7, 11) is -4.56. The second kappa shape index (κ2) is 5.34. The molecule has 0 saturated heterocycles. The number of sulfonamides is 1. The largest absolute Gasteiger partial charge is 0.481 e. The van der Waals surface area contributed by atoms with Gasteiger partial charge >= 0.3 is 5.97 Å². The lowest BCUT2D eigenvalue weighted by Crippen LogP contribution is -2.57. The maximum atomic E-state index is 13.6. The Morgan fingerprint density at radius 3 is 1.95 bits per heavy atom. The van der Waals surface area contributed by atoms with Crippen molar-refractivity contribution in [1.29, 1.82) is 0 Å². The standard InChI is InChI=1S/C13H17F2NO4S/c1-12(2,11(17)18)13(3,4)16-21(19,20)10-8(14)6-5-7-9(10)15/h5-7,16H,1-4H3,(H,17,18). The number of benzene rings is 1. The highest BCUT2D eigenvalue weighted by atomic mass is 32.2. The maximum Gasteiger partial charge on any atom is 0.310 e. The van der Waals surface area contributed by atoms with Crippen LogP contribution >= 0.6 is 0 Å². The van der Waals surface area contributed by atoms with Gasteiger partial charge in [0.1, 0.15) is 11.6 Å². The number of carbonyl (C=O) groups is 1. The van der Waals surface area contributed by atoms with Crippen LogP contribution in [0.3, 0.4) is 0 Å². The number of carboxylic acids is 1. The predicted molar refractivity (Wildman–Crippen MR) is 72.2 cm³/mol. The molecule has 1 aromatic rings. The minimum Gasteiger partial charge on any atom is -0.481 e. The Morgan fingerprint density at radius 2 is 1.57 bits per heavy atom. The van der Waals surface area contributed by atoms with Crippen LogP contribution < -0.4 is 4.72 Å². The molecule has 1 rings (SSSR count). The number of carboxylic acid groups (broad SMARTS) is 1. The Labute approximate surface area is 122 Å². The van der Waals surface area contributed by atoms with Crippen molar-refractivity contribution < 1.29 is 27.1 Å². The third-order valence-corrected chi connectivity index (χ3v) is 5.38. The molecular weight excluding hydrogens is 304 g/mol. The zero-order valence-electron chi connectivity index (χ0n) is 12.1. The van der Waals surface area contributed by atoms with Crippen molar-refractivity contribution in [3.05, 3.63) is 29.8 Å². The van der Waals surface area contributed by atoms with E-state index < -0.39 is 43.5 Å². The van der Waals surface area contributed by atoms with E-state index in [0.717, 1.165) is 18.2 Å².